The Labute approximate surface area is 147 Å². The van der Waals surface area contributed by atoms with Crippen LogP contribution in [0.25, 0.3) is 0 Å². The van der Waals surface area contributed by atoms with Gasteiger partial charge in [-0.25, -0.2) is 4.98 Å². The predicted molar refractivity (Wildman–Crippen MR) is 94.3 cm³/mol. The molecule has 0 saturated carbocycles. The summed E-state index contributed by atoms with van der Waals surface area (Å²) >= 11 is 0. The van der Waals surface area contributed by atoms with Gasteiger partial charge in [0, 0.05) is 57.3 Å². The minimum Gasteiger partial charge on any atom is -0.337 e. The first-order chi connectivity index (χ1) is 11.1. The van der Waals surface area contributed by atoms with Gasteiger partial charge >= 0.3 is 0 Å². The molecular weight excluding hydrogens is 330 g/mol. The van der Waals surface area contributed by atoms with Crippen molar-refractivity contribution in [1.29, 1.82) is 0 Å². The molecular formula is C16H22ClN5O2. The summed E-state index contributed by atoms with van der Waals surface area (Å²) < 4.78 is 2.03. The summed E-state index contributed by atoms with van der Waals surface area (Å²) in [5.41, 5.74) is 1.84. The molecule has 1 aromatic heterocycles. The largest absolute Gasteiger partial charge is 0.337 e. The molecule has 2 aromatic rings. The highest BCUT2D eigenvalue weighted by atomic mass is 35.5. The highest BCUT2D eigenvalue weighted by molar-refractivity contribution is 5.85. The number of nitro benzene ring substituents is 1. The molecule has 7 nitrogen and oxygen atoms in total. The molecule has 0 aliphatic carbocycles. The molecule has 8 heteroatoms. The number of hydrogen-bond acceptors (Lipinski definition) is 5. The number of aryl methyl sites for hydroxylation is 2. The average Bonchev–Trinajstić information content (AvgIpc) is 2.95. The summed E-state index contributed by atoms with van der Waals surface area (Å²) in [5, 5.41) is 14.5. The number of nitrogens with one attached hydrogen (secondary N) is 1. The van der Waals surface area contributed by atoms with Gasteiger partial charge in [-0.2, -0.15) is 0 Å². The maximum atomic E-state index is 11.1. The number of nitrogens with zero attached hydrogens (tertiary/aromatic N) is 4. The van der Waals surface area contributed by atoms with Gasteiger partial charge in [0.15, 0.2) is 0 Å². The van der Waals surface area contributed by atoms with Crippen LogP contribution < -0.4 is 5.32 Å². The average molecular weight is 352 g/mol. The van der Waals surface area contributed by atoms with Crippen molar-refractivity contribution >= 4 is 18.1 Å². The van der Waals surface area contributed by atoms with Crippen molar-refractivity contribution < 1.29 is 4.92 Å². The van der Waals surface area contributed by atoms with Crippen molar-refractivity contribution in [3.05, 3.63) is 57.7 Å². The van der Waals surface area contributed by atoms with Gasteiger partial charge in [-0.15, -0.1) is 12.4 Å². The molecule has 0 radical (unpaired) electrons. The van der Waals surface area contributed by atoms with E-state index in [1.54, 1.807) is 19.2 Å². The quantitative estimate of drug-likeness (QED) is 0.675. The van der Waals surface area contributed by atoms with Gasteiger partial charge in [0.1, 0.15) is 5.82 Å². The summed E-state index contributed by atoms with van der Waals surface area (Å²) in [7, 11) is 1.99. The molecule has 1 unspecified atom stereocenters. The predicted octanol–water partition coefficient (Wildman–Crippen LogP) is 2.21. The Kier molecular flexibility index (Phi) is 5.93. The number of hydrogen-bond donors (Lipinski definition) is 1. The molecule has 1 saturated heterocycles. The first kappa shape index (κ1) is 18.4. The van der Waals surface area contributed by atoms with Gasteiger partial charge < -0.3 is 9.88 Å². The topological polar surface area (TPSA) is 76.2 Å². The lowest BCUT2D eigenvalue weighted by Gasteiger charge is -2.35. The van der Waals surface area contributed by atoms with Crippen LogP contribution in [0.5, 0.6) is 0 Å². The zero-order valence-electron chi connectivity index (χ0n) is 13.8. The van der Waals surface area contributed by atoms with E-state index in [9.17, 15) is 10.1 Å². The van der Waals surface area contributed by atoms with E-state index >= 15 is 0 Å². The third-order valence-electron chi connectivity index (χ3n) is 4.37. The zero-order chi connectivity index (χ0) is 16.4. The van der Waals surface area contributed by atoms with Crippen molar-refractivity contribution in [3.63, 3.8) is 0 Å². The number of imidazole rings is 1. The van der Waals surface area contributed by atoms with E-state index in [0.29, 0.717) is 12.1 Å². The first-order valence-electron chi connectivity index (χ1n) is 7.72. The number of nitro groups is 1. The second-order valence-corrected chi connectivity index (χ2v) is 5.96. The van der Waals surface area contributed by atoms with Crippen molar-refractivity contribution in [1.82, 2.24) is 19.8 Å². The first-order valence-corrected chi connectivity index (χ1v) is 7.72. The fourth-order valence-electron chi connectivity index (χ4n) is 3.07. The van der Waals surface area contributed by atoms with Gasteiger partial charge in [-0.1, -0.05) is 12.1 Å². The van der Waals surface area contributed by atoms with Crippen molar-refractivity contribution in [2.45, 2.75) is 19.5 Å². The molecule has 0 amide bonds. The summed E-state index contributed by atoms with van der Waals surface area (Å²) in [4.78, 5) is 17.6. The van der Waals surface area contributed by atoms with Crippen LogP contribution in [0.3, 0.4) is 0 Å². The van der Waals surface area contributed by atoms with Gasteiger partial charge in [-0.05, 0) is 12.5 Å². The fraction of sp³-hybridized carbons (Fsp3) is 0.438. The molecule has 1 atom stereocenters. The fourth-order valence-corrected chi connectivity index (χ4v) is 3.07. The highest BCUT2D eigenvalue weighted by Crippen LogP contribution is 2.25. The molecule has 24 heavy (non-hydrogen) atoms. The summed E-state index contributed by atoms with van der Waals surface area (Å²) in [6.07, 6.45) is 3.75. The minimum atomic E-state index is -0.313. The van der Waals surface area contributed by atoms with E-state index < -0.39 is 0 Å². The van der Waals surface area contributed by atoms with Crippen molar-refractivity contribution in [2.75, 3.05) is 19.6 Å². The lowest BCUT2D eigenvalue weighted by atomic mass is 10.1. The van der Waals surface area contributed by atoms with E-state index in [2.05, 4.69) is 15.2 Å². The number of rotatable bonds is 4. The van der Waals surface area contributed by atoms with Crippen LogP contribution in [0.4, 0.5) is 5.69 Å². The lowest BCUT2D eigenvalue weighted by Crippen LogP contribution is -2.46. The lowest BCUT2D eigenvalue weighted by molar-refractivity contribution is -0.385. The Hall–Kier alpha value is -1.96. The molecule has 1 aliphatic rings. The van der Waals surface area contributed by atoms with Crippen molar-refractivity contribution in [2.24, 2.45) is 7.05 Å². The Morgan fingerprint density at radius 3 is 2.92 bits per heavy atom. The monoisotopic (exact) mass is 351 g/mol. The molecule has 130 valence electrons. The van der Waals surface area contributed by atoms with Gasteiger partial charge in [0.2, 0.25) is 0 Å². The molecule has 3 rings (SSSR count). The van der Waals surface area contributed by atoms with E-state index in [-0.39, 0.29) is 29.1 Å². The minimum absolute atomic E-state index is 0. The number of aromatic nitrogens is 2. The van der Waals surface area contributed by atoms with E-state index in [1.165, 1.54) is 0 Å². The summed E-state index contributed by atoms with van der Waals surface area (Å²) in [6.45, 7) is 5.08. The van der Waals surface area contributed by atoms with Gasteiger partial charge in [0.05, 0.1) is 11.0 Å². The Balaban J connectivity index is 0.00000208. The second-order valence-electron chi connectivity index (χ2n) is 5.96. The molecule has 1 N–H and O–H groups in total. The molecule has 0 bridgehead atoms. The van der Waals surface area contributed by atoms with Crippen LogP contribution in [0.15, 0.2) is 30.6 Å². The van der Waals surface area contributed by atoms with E-state index in [4.69, 9.17) is 0 Å². The van der Waals surface area contributed by atoms with Crippen LogP contribution in [0, 0.1) is 17.0 Å². The van der Waals surface area contributed by atoms with E-state index in [0.717, 1.165) is 31.0 Å². The van der Waals surface area contributed by atoms with Gasteiger partial charge in [-0.3, -0.25) is 15.0 Å². The van der Waals surface area contributed by atoms with Crippen LogP contribution in [0.1, 0.15) is 23.0 Å². The molecule has 0 spiro atoms. The Morgan fingerprint density at radius 1 is 1.46 bits per heavy atom. The number of halogens is 1. The summed E-state index contributed by atoms with van der Waals surface area (Å²) in [5.74, 6) is 1.01. The van der Waals surface area contributed by atoms with Crippen LogP contribution in [-0.4, -0.2) is 39.0 Å². The van der Waals surface area contributed by atoms with Crippen LogP contribution in [-0.2, 0) is 13.6 Å². The molecule has 1 fully saturated rings. The smallest absolute Gasteiger partial charge is 0.272 e. The number of piperazine rings is 1. The summed E-state index contributed by atoms with van der Waals surface area (Å²) in [6, 6.07) is 5.65. The molecule has 1 aromatic carbocycles. The maximum absolute atomic E-state index is 11.1. The standard InChI is InChI=1S/C16H21N5O2.ClH/c1-12-3-4-13(9-14(12)21(22)23)11-20-8-5-17-10-15(20)16-18-6-7-19(16)2;/h3-4,6-7,9,15,17H,5,8,10-11H2,1-2H3;1H. The third kappa shape index (κ3) is 3.75. The maximum Gasteiger partial charge on any atom is 0.272 e. The Morgan fingerprint density at radius 2 is 2.25 bits per heavy atom. The third-order valence-corrected chi connectivity index (χ3v) is 4.37. The normalized spacial score (nSPS) is 18.2. The van der Waals surface area contributed by atoms with Crippen LogP contribution >= 0.6 is 12.4 Å². The zero-order valence-corrected chi connectivity index (χ0v) is 14.6. The molecule has 2 heterocycles. The second kappa shape index (κ2) is 7.74. The van der Waals surface area contributed by atoms with Crippen molar-refractivity contribution in [3.8, 4) is 0 Å². The Bertz CT molecular complexity index is 718. The number of benzene rings is 1. The van der Waals surface area contributed by atoms with Crippen LogP contribution in [0.2, 0.25) is 0 Å². The molecule has 1 aliphatic heterocycles. The highest BCUT2D eigenvalue weighted by Gasteiger charge is 2.27. The van der Waals surface area contributed by atoms with E-state index in [1.807, 2.05) is 29.9 Å². The van der Waals surface area contributed by atoms with Gasteiger partial charge in [0.25, 0.3) is 5.69 Å². The SMILES string of the molecule is Cc1ccc(CN2CCNCC2c2nccn2C)cc1[N+](=O)[O-].Cl.